The van der Waals surface area contributed by atoms with Crippen LogP contribution >= 0.6 is 22.6 Å². The van der Waals surface area contributed by atoms with Crippen LogP contribution in [0.25, 0.3) is 0 Å². The first-order valence-corrected chi connectivity index (χ1v) is 9.78. The number of hydrogen-bond donors (Lipinski definition) is 2. The van der Waals surface area contributed by atoms with Crippen molar-refractivity contribution in [2.45, 2.75) is 35.1 Å². The predicted octanol–water partition coefficient (Wildman–Crippen LogP) is 0.807. The minimum atomic E-state index is -0.995. The van der Waals surface area contributed by atoms with Crippen molar-refractivity contribution >= 4 is 22.6 Å². The highest BCUT2D eigenvalue weighted by molar-refractivity contribution is 14.1. The lowest BCUT2D eigenvalue weighted by Gasteiger charge is -2.31. The molecule has 1 unspecified atom stereocenters. The zero-order valence-electron chi connectivity index (χ0n) is 14.5. The van der Waals surface area contributed by atoms with Crippen LogP contribution in [0.3, 0.4) is 0 Å². The molecular formula is C18H19IN2O6. The van der Waals surface area contributed by atoms with E-state index in [0.717, 1.165) is 11.1 Å². The Bertz CT molecular complexity index is 942. The first-order valence-electron chi connectivity index (χ1n) is 8.53. The number of benzene rings is 1. The topological polar surface area (TPSA) is 103 Å². The lowest BCUT2D eigenvalue weighted by molar-refractivity contribution is -0.0821. The van der Waals surface area contributed by atoms with Crippen LogP contribution < -0.4 is 11.2 Å². The van der Waals surface area contributed by atoms with Crippen LogP contribution in [-0.4, -0.2) is 46.2 Å². The minimum Gasteiger partial charge on any atom is -0.387 e. The number of aliphatic hydroxyl groups is 1. The number of aromatic amines is 1. The van der Waals surface area contributed by atoms with E-state index in [4.69, 9.17) is 14.2 Å². The molecule has 0 spiro atoms. The van der Waals surface area contributed by atoms with Gasteiger partial charge in [-0.3, -0.25) is 14.3 Å². The molecule has 0 aliphatic carbocycles. The van der Waals surface area contributed by atoms with Gasteiger partial charge in [0, 0.05) is 12.3 Å². The molecule has 2 saturated heterocycles. The van der Waals surface area contributed by atoms with Crippen LogP contribution in [0.4, 0.5) is 0 Å². The number of nitrogens with zero attached hydrogens (tertiary/aromatic N) is 1. The van der Waals surface area contributed by atoms with Gasteiger partial charge in [0.25, 0.3) is 5.56 Å². The van der Waals surface area contributed by atoms with Gasteiger partial charge in [0.1, 0.15) is 23.9 Å². The molecule has 0 radical (unpaired) electrons. The molecule has 144 valence electrons. The smallest absolute Gasteiger partial charge is 0.331 e. The van der Waals surface area contributed by atoms with E-state index < -0.39 is 39.4 Å². The van der Waals surface area contributed by atoms with Crippen molar-refractivity contribution in [3.05, 3.63) is 68.5 Å². The molecule has 8 nitrogen and oxygen atoms in total. The molecule has 1 aromatic heterocycles. The number of H-pyrrole nitrogens is 1. The minimum absolute atomic E-state index is 0.142. The largest absolute Gasteiger partial charge is 0.387 e. The number of halogens is 1. The maximum atomic E-state index is 12.0. The maximum absolute atomic E-state index is 12.0. The van der Waals surface area contributed by atoms with Gasteiger partial charge in [-0.25, -0.2) is 4.79 Å². The van der Waals surface area contributed by atoms with E-state index in [2.05, 4.69) is 4.98 Å². The van der Waals surface area contributed by atoms with Gasteiger partial charge in [-0.1, -0.05) is 29.8 Å². The quantitative estimate of drug-likeness (QED) is 0.490. The summed E-state index contributed by atoms with van der Waals surface area (Å²) in [5.41, 5.74) is -0.0798. The Labute approximate surface area is 168 Å². The summed E-state index contributed by atoms with van der Waals surface area (Å²) >= 11 is 1.96. The summed E-state index contributed by atoms with van der Waals surface area (Å²) in [6.07, 6.45) is -0.427. The summed E-state index contributed by atoms with van der Waals surface area (Å²) in [6.45, 7) is 2.35. The molecule has 0 saturated carbocycles. The molecule has 0 amide bonds. The molecule has 2 aliphatic heterocycles. The van der Waals surface area contributed by atoms with Gasteiger partial charge < -0.3 is 19.3 Å². The van der Waals surface area contributed by atoms with E-state index in [9.17, 15) is 14.7 Å². The van der Waals surface area contributed by atoms with Crippen LogP contribution in [-0.2, 0) is 19.8 Å². The van der Waals surface area contributed by atoms with E-state index >= 15 is 0 Å². The average molecular weight is 486 g/mol. The van der Waals surface area contributed by atoms with E-state index in [-0.39, 0.29) is 13.2 Å². The summed E-state index contributed by atoms with van der Waals surface area (Å²) in [4.78, 5) is 25.4. The maximum Gasteiger partial charge on any atom is 0.331 e. The van der Waals surface area contributed by atoms with Crippen LogP contribution in [0.5, 0.6) is 0 Å². The number of fused-ring (bicyclic) bond motifs is 1. The normalized spacial score (nSPS) is 31.0. The zero-order chi connectivity index (χ0) is 19.2. The van der Waals surface area contributed by atoms with E-state index in [1.807, 2.05) is 53.8 Å². The number of aliphatic hydroxyl groups excluding tert-OH is 1. The Morgan fingerprint density at radius 2 is 2.04 bits per heavy atom. The van der Waals surface area contributed by atoms with Crippen molar-refractivity contribution in [1.29, 1.82) is 0 Å². The van der Waals surface area contributed by atoms with Gasteiger partial charge in [-0.2, -0.15) is 0 Å². The Hall–Kier alpha value is -1.53. The third-order valence-corrected chi connectivity index (χ3v) is 5.93. The Morgan fingerprint density at radius 3 is 2.74 bits per heavy atom. The van der Waals surface area contributed by atoms with Gasteiger partial charge in [-0.15, -0.1) is 0 Å². The van der Waals surface area contributed by atoms with Gasteiger partial charge in [0.2, 0.25) is 0 Å². The fraction of sp³-hybridized carbons (Fsp3) is 0.444. The third-order valence-electron chi connectivity index (χ3n) is 5.04. The molecule has 1 aromatic carbocycles. The molecule has 0 bridgehead atoms. The summed E-state index contributed by atoms with van der Waals surface area (Å²) in [5, 5.41) is 10.6. The highest BCUT2D eigenvalue weighted by Gasteiger charge is 2.61. The lowest BCUT2D eigenvalue weighted by atomic mass is 9.84. The van der Waals surface area contributed by atoms with Crippen molar-refractivity contribution < 1.29 is 19.3 Å². The van der Waals surface area contributed by atoms with Gasteiger partial charge in [0.15, 0.2) is 4.23 Å². The molecule has 2 N–H and O–H groups in total. The fourth-order valence-electron chi connectivity index (χ4n) is 3.66. The highest BCUT2D eigenvalue weighted by Crippen LogP contribution is 2.47. The highest BCUT2D eigenvalue weighted by atomic mass is 127. The lowest BCUT2D eigenvalue weighted by Crippen LogP contribution is -2.45. The van der Waals surface area contributed by atoms with Crippen molar-refractivity contribution in [2.24, 2.45) is 0 Å². The van der Waals surface area contributed by atoms with Crippen molar-refractivity contribution in [2.75, 3.05) is 13.2 Å². The first kappa shape index (κ1) is 18.8. The van der Waals surface area contributed by atoms with E-state index in [1.54, 1.807) is 0 Å². The standard InChI is InChI=1S/C18H19IN2O6/c1-10-2-4-11(5-3-10)18-13(22)9-25-15(18)12(8-26-18)27-16(19)21-7-6-14(23)20-17(21)24/h2-7,12-13,15-16,22H,8-9H2,1H3,(H,20,23,24)/t12-,13+,15-,16?,18-/m1/s1. The van der Waals surface area contributed by atoms with Crippen LogP contribution in [0, 0.1) is 6.92 Å². The van der Waals surface area contributed by atoms with Crippen molar-refractivity contribution in [3.63, 3.8) is 0 Å². The Morgan fingerprint density at radius 1 is 1.30 bits per heavy atom. The number of nitrogens with one attached hydrogen (secondary N) is 1. The second kappa shape index (κ2) is 7.13. The zero-order valence-corrected chi connectivity index (χ0v) is 16.7. The van der Waals surface area contributed by atoms with Crippen molar-refractivity contribution in [3.8, 4) is 0 Å². The summed E-state index contributed by atoms with van der Waals surface area (Å²) in [6, 6.07) is 9.04. The second-order valence-corrected chi connectivity index (χ2v) is 7.79. The van der Waals surface area contributed by atoms with Gasteiger partial charge in [-0.05, 0) is 35.1 Å². The molecule has 2 aliphatic rings. The van der Waals surface area contributed by atoms with E-state index in [1.165, 1.54) is 16.8 Å². The molecule has 3 heterocycles. The second-order valence-electron chi connectivity index (χ2n) is 6.72. The molecule has 9 heteroatoms. The van der Waals surface area contributed by atoms with E-state index in [0.29, 0.717) is 0 Å². The van der Waals surface area contributed by atoms with Crippen LogP contribution in [0.1, 0.15) is 15.4 Å². The van der Waals surface area contributed by atoms with Crippen LogP contribution in [0.15, 0.2) is 46.1 Å². The molecule has 5 atom stereocenters. The number of aromatic nitrogens is 2. The number of ether oxygens (including phenoxy) is 3. The molecule has 4 rings (SSSR count). The number of hydrogen-bond acceptors (Lipinski definition) is 6. The Balaban J connectivity index is 1.60. The molecular weight excluding hydrogens is 467 g/mol. The first-order chi connectivity index (χ1) is 12.9. The number of alkyl halides is 1. The fourth-order valence-corrected chi connectivity index (χ4v) is 4.48. The average Bonchev–Trinajstić information content (AvgIpc) is 3.15. The number of rotatable bonds is 4. The monoisotopic (exact) mass is 486 g/mol. The number of aryl methyl sites for hydroxylation is 1. The summed E-state index contributed by atoms with van der Waals surface area (Å²) in [5.74, 6) is 0. The van der Waals surface area contributed by atoms with Crippen molar-refractivity contribution in [1.82, 2.24) is 9.55 Å². The molecule has 27 heavy (non-hydrogen) atoms. The molecule has 2 aromatic rings. The molecule has 2 fully saturated rings. The predicted molar refractivity (Wildman–Crippen MR) is 104 cm³/mol. The SMILES string of the molecule is Cc1ccc([C@]23OC[C@@H](OC(I)n4ccc(=O)[nH]c4=O)[C@H]2OC[C@@H]3O)cc1. The van der Waals surface area contributed by atoms with Crippen LogP contribution in [0.2, 0.25) is 0 Å². The summed E-state index contributed by atoms with van der Waals surface area (Å²) in [7, 11) is 0. The third kappa shape index (κ3) is 3.17. The van der Waals surface area contributed by atoms with Gasteiger partial charge in [0.05, 0.1) is 13.2 Å². The van der Waals surface area contributed by atoms with Gasteiger partial charge >= 0.3 is 5.69 Å². The summed E-state index contributed by atoms with van der Waals surface area (Å²) < 4.78 is 18.5. The Kier molecular flexibility index (Phi) is 4.97.